The predicted octanol–water partition coefficient (Wildman–Crippen LogP) is 0.589. The Morgan fingerprint density at radius 1 is 1.28 bits per heavy atom. The molecule has 102 valence electrons. The van der Waals surface area contributed by atoms with E-state index in [2.05, 4.69) is 0 Å². The van der Waals surface area contributed by atoms with E-state index in [0.29, 0.717) is 31.3 Å². The molecule has 6 unspecified atom stereocenters. The Morgan fingerprint density at radius 3 is 2.61 bits per heavy atom. The van der Waals surface area contributed by atoms with Crippen LogP contribution in [0.15, 0.2) is 0 Å². The lowest BCUT2D eigenvalue weighted by Crippen LogP contribution is -2.51. The van der Waals surface area contributed by atoms with Gasteiger partial charge in [-0.15, -0.1) is 0 Å². The number of hydrogen-bond acceptors (Lipinski definition) is 3. The number of piperidine rings is 1. The van der Waals surface area contributed by atoms with Crippen LogP contribution in [-0.4, -0.2) is 41.1 Å². The smallest absolute Gasteiger partial charge is 0.227 e. The molecule has 1 amide bonds. The Labute approximate surface area is 109 Å². The molecule has 6 atom stereocenters. The monoisotopic (exact) mass is 252 g/mol. The Kier molecular flexibility index (Phi) is 3.10. The zero-order valence-corrected chi connectivity index (χ0v) is 11.1. The topological polar surface area (TPSA) is 66.6 Å². The van der Waals surface area contributed by atoms with Crippen molar-refractivity contribution in [1.82, 2.24) is 4.90 Å². The summed E-state index contributed by atoms with van der Waals surface area (Å²) in [4.78, 5) is 14.6. The molecule has 3 N–H and O–H groups in total. The van der Waals surface area contributed by atoms with Gasteiger partial charge < -0.3 is 15.7 Å². The van der Waals surface area contributed by atoms with Crippen molar-refractivity contribution in [2.24, 2.45) is 29.4 Å². The number of rotatable bonds is 1. The third kappa shape index (κ3) is 1.86. The van der Waals surface area contributed by atoms with E-state index < -0.39 is 0 Å². The van der Waals surface area contributed by atoms with E-state index in [9.17, 15) is 9.90 Å². The van der Waals surface area contributed by atoms with Gasteiger partial charge in [-0.3, -0.25) is 4.79 Å². The molecule has 2 bridgehead atoms. The molecule has 2 aliphatic carbocycles. The molecule has 0 radical (unpaired) electrons. The number of nitrogens with two attached hydrogens (primary N) is 1. The SMILES string of the molecule is CC1CN(C(=O)C2C3CCC(C3)C2N)CCC1O. The van der Waals surface area contributed by atoms with E-state index in [4.69, 9.17) is 5.73 Å². The maximum atomic E-state index is 12.6. The number of amides is 1. The van der Waals surface area contributed by atoms with E-state index in [1.165, 1.54) is 12.8 Å². The number of nitrogens with zero attached hydrogens (tertiary/aromatic N) is 1. The van der Waals surface area contributed by atoms with Crippen LogP contribution in [0.5, 0.6) is 0 Å². The third-order valence-electron chi connectivity index (χ3n) is 5.44. The molecule has 1 aliphatic heterocycles. The van der Waals surface area contributed by atoms with Gasteiger partial charge in [0, 0.05) is 19.1 Å². The number of carbonyl (C=O) groups excluding carboxylic acids is 1. The first-order valence-electron chi connectivity index (χ1n) is 7.30. The molecule has 0 aromatic rings. The summed E-state index contributed by atoms with van der Waals surface area (Å²) in [7, 11) is 0. The Morgan fingerprint density at radius 2 is 2.00 bits per heavy atom. The van der Waals surface area contributed by atoms with Crippen molar-refractivity contribution in [3.8, 4) is 0 Å². The molecule has 1 saturated heterocycles. The fourth-order valence-corrected chi connectivity index (χ4v) is 4.25. The van der Waals surface area contributed by atoms with Gasteiger partial charge in [0.15, 0.2) is 0 Å². The minimum atomic E-state index is -0.247. The number of hydrogen-bond donors (Lipinski definition) is 2. The highest BCUT2D eigenvalue weighted by Crippen LogP contribution is 2.48. The lowest BCUT2D eigenvalue weighted by atomic mass is 9.83. The van der Waals surface area contributed by atoms with Gasteiger partial charge in [-0.25, -0.2) is 0 Å². The summed E-state index contributed by atoms with van der Waals surface area (Å²) < 4.78 is 0. The molecular formula is C14H24N2O2. The van der Waals surface area contributed by atoms with Crippen molar-refractivity contribution in [2.45, 2.75) is 44.8 Å². The van der Waals surface area contributed by atoms with Crippen LogP contribution in [-0.2, 0) is 4.79 Å². The molecule has 0 aromatic carbocycles. The summed E-state index contributed by atoms with van der Waals surface area (Å²) in [6.07, 6.45) is 4.01. The minimum absolute atomic E-state index is 0.0613. The molecule has 0 aromatic heterocycles. The molecular weight excluding hydrogens is 228 g/mol. The standard InChI is InChI=1S/C14H24N2O2/c1-8-7-16(5-4-11(8)17)14(18)12-9-2-3-10(6-9)13(12)15/h8-13,17H,2-7,15H2,1H3. The molecule has 18 heavy (non-hydrogen) atoms. The summed E-state index contributed by atoms with van der Waals surface area (Å²) in [5.41, 5.74) is 6.24. The van der Waals surface area contributed by atoms with Crippen molar-refractivity contribution in [3.05, 3.63) is 0 Å². The highest BCUT2D eigenvalue weighted by Gasteiger charge is 2.50. The molecule has 4 nitrogen and oxygen atoms in total. The molecule has 3 fully saturated rings. The Balaban J connectivity index is 1.68. The zero-order valence-electron chi connectivity index (χ0n) is 11.1. The largest absolute Gasteiger partial charge is 0.393 e. The minimum Gasteiger partial charge on any atom is -0.393 e. The van der Waals surface area contributed by atoms with Gasteiger partial charge in [-0.05, 0) is 43.4 Å². The Hall–Kier alpha value is -0.610. The second-order valence-electron chi connectivity index (χ2n) is 6.55. The number of aliphatic hydroxyl groups is 1. The first-order chi connectivity index (χ1) is 8.58. The summed E-state index contributed by atoms with van der Waals surface area (Å²) in [5.74, 6) is 1.62. The van der Waals surface area contributed by atoms with Crippen LogP contribution >= 0.6 is 0 Å². The van der Waals surface area contributed by atoms with Gasteiger partial charge in [0.1, 0.15) is 0 Å². The molecule has 2 saturated carbocycles. The maximum absolute atomic E-state index is 12.6. The average molecular weight is 252 g/mol. The molecule has 3 rings (SSSR count). The van der Waals surface area contributed by atoms with Crippen molar-refractivity contribution < 1.29 is 9.90 Å². The van der Waals surface area contributed by atoms with Gasteiger partial charge in [0.2, 0.25) is 5.91 Å². The van der Waals surface area contributed by atoms with Gasteiger partial charge in [-0.1, -0.05) is 6.92 Å². The van der Waals surface area contributed by atoms with Gasteiger partial charge in [-0.2, -0.15) is 0 Å². The lowest BCUT2D eigenvalue weighted by molar-refractivity contribution is -0.141. The second kappa shape index (κ2) is 4.49. The Bertz CT molecular complexity index is 345. The molecule has 3 aliphatic rings. The van der Waals surface area contributed by atoms with Crippen LogP contribution in [0.25, 0.3) is 0 Å². The van der Waals surface area contributed by atoms with Crippen LogP contribution in [0.4, 0.5) is 0 Å². The lowest BCUT2D eigenvalue weighted by Gasteiger charge is -2.38. The van der Waals surface area contributed by atoms with E-state index >= 15 is 0 Å². The fraction of sp³-hybridized carbons (Fsp3) is 0.929. The van der Waals surface area contributed by atoms with Gasteiger partial charge in [0.25, 0.3) is 0 Å². The summed E-state index contributed by atoms with van der Waals surface area (Å²) in [6.45, 7) is 3.41. The van der Waals surface area contributed by atoms with Gasteiger partial charge in [0.05, 0.1) is 12.0 Å². The van der Waals surface area contributed by atoms with Crippen molar-refractivity contribution in [1.29, 1.82) is 0 Å². The maximum Gasteiger partial charge on any atom is 0.227 e. The highest BCUT2D eigenvalue weighted by atomic mass is 16.3. The summed E-state index contributed by atoms with van der Waals surface area (Å²) >= 11 is 0. The van der Waals surface area contributed by atoms with Gasteiger partial charge >= 0.3 is 0 Å². The van der Waals surface area contributed by atoms with Crippen molar-refractivity contribution in [3.63, 3.8) is 0 Å². The number of likely N-dealkylation sites (tertiary alicyclic amines) is 1. The number of aliphatic hydroxyl groups excluding tert-OH is 1. The first kappa shape index (κ1) is 12.4. The van der Waals surface area contributed by atoms with Crippen LogP contribution in [0, 0.1) is 23.7 Å². The van der Waals surface area contributed by atoms with Crippen LogP contribution in [0.3, 0.4) is 0 Å². The zero-order chi connectivity index (χ0) is 12.9. The van der Waals surface area contributed by atoms with Crippen LogP contribution < -0.4 is 5.73 Å². The van der Waals surface area contributed by atoms with Crippen molar-refractivity contribution >= 4 is 5.91 Å². The van der Waals surface area contributed by atoms with E-state index in [1.54, 1.807) is 0 Å². The molecule has 4 heteroatoms. The highest BCUT2D eigenvalue weighted by molar-refractivity contribution is 5.80. The third-order valence-corrected chi connectivity index (χ3v) is 5.44. The predicted molar refractivity (Wildman–Crippen MR) is 68.7 cm³/mol. The number of fused-ring (bicyclic) bond motifs is 2. The first-order valence-corrected chi connectivity index (χ1v) is 7.30. The fourth-order valence-electron chi connectivity index (χ4n) is 4.25. The average Bonchev–Trinajstić information content (AvgIpc) is 2.92. The summed E-state index contributed by atoms with van der Waals surface area (Å²) in [5, 5.41) is 9.74. The quantitative estimate of drug-likeness (QED) is 0.718. The molecule has 1 heterocycles. The normalized spacial score (nSPS) is 47.6. The summed E-state index contributed by atoms with van der Waals surface area (Å²) in [6, 6.07) is 0.0819. The van der Waals surface area contributed by atoms with E-state index in [0.717, 1.165) is 6.42 Å². The van der Waals surface area contributed by atoms with E-state index in [-0.39, 0.29) is 29.9 Å². The van der Waals surface area contributed by atoms with E-state index in [1.807, 2.05) is 11.8 Å². The second-order valence-corrected chi connectivity index (χ2v) is 6.55. The van der Waals surface area contributed by atoms with Crippen LogP contribution in [0.1, 0.15) is 32.6 Å². The van der Waals surface area contributed by atoms with Crippen LogP contribution in [0.2, 0.25) is 0 Å². The number of carbonyl (C=O) groups is 1. The molecule has 0 spiro atoms. The van der Waals surface area contributed by atoms with Crippen molar-refractivity contribution in [2.75, 3.05) is 13.1 Å².